The number of rotatable bonds is 3. The average molecular weight is 184 g/mol. The summed E-state index contributed by atoms with van der Waals surface area (Å²) in [6.07, 6.45) is 4.27. The van der Waals surface area contributed by atoms with Crippen molar-refractivity contribution in [3.63, 3.8) is 0 Å². The van der Waals surface area contributed by atoms with Crippen LogP contribution in [0.25, 0.3) is 0 Å². The summed E-state index contributed by atoms with van der Waals surface area (Å²) in [6.45, 7) is 3.76. The van der Waals surface area contributed by atoms with Crippen LogP contribution < -0.4 is 0 Å². The third kappa shape index (κ3) is 3.19. The molecule has 0 amide bonds. The third-order valence-corrected chi connectivity index (χ3v) is 2.37. The molecule has 0 heterocycles. The van der Waals surface area contributed by atoms with Gasteiger partial charge in [-0.3, -0.25) is 4.79 Å². The van der Waals surface area contributed by atoms with E-state index in [1.807, 2.05) is 0 Å². The minimum atomic E-state index is -0.219. The van der Waals surface area contributed by atoms with Crippen molar-refractivity contribution in [2.45, 2.75) is 31.8 Å². The lowest BCUT2D eigenvalue weighted by atomic mass is 9.88. The van der Waals surface area contributed by atoms with Crippen LogP contribution in [0.15, 0.2) is 12.7 Å². The molecule has 1 aliphatic rings. The second-order valence-corrected chi connectivity index (χ2v) is 3.42. The van der Waals surface area contributed by atoms with Crippen LogP contribution in [0, 0.1) is 5.92 Å². The van der Waals surface area contributed by atoms with Crippen LogP contribution in [0.1, 0.15) is 25.7 Å². The van der Waals surface area contributed by atoms with E-state index in [-0.39, 0.29) is 24.6 Å². The van der Waals surface area contributed by atoms with Gasteiger partial charge in [-0.05, 0) is 25.7 Å². The molecule has 1 rings (SSSR count). The second kappa shape index (κ2) is 5.02. The fourth-order valence-corrected chi connectivity index (χ4v) is 1.57. The molecule has 1 N–H and O–H groups in total. The minimum absolute atomic E-state index is 0.0108. The maximum atomic E-state index is 11.3. The molecule has 0 saturated heterocycles. The van der Waals surface area contributed by atoms with E-state index in [1.54, 1.807) is 6.08 Å². The molecule has 0 spiro atoms. The Morgan fingerprint density at radius 1 is 1.46 bits per heavy atom. The Morgan fingerprint density at radius 3 is 2.62 bits per heavy atom. The van der Waals surface area contributed by atoms with Gasteiger partial charge in [-0.1, -0.05) is 12.7 Å². The van der Waals surface area contributed by atoms with Crippen molar-refractivity contribution in [3.8, 4) is 0 Å². The predicted molar refractivity (Wildman–Crippen MR) is 49.1 cm³/mol. The molecule has 3 nitrogen and oxygen atoms in total. The van der Waals surface area contributed by atoms with Crippen LogP contribution in [0.3, 0.4) is 0 Å². The van der Waals surface area contributed by atoms with Gasteiger partial charge in [-0.2, -0.15) is 0 Å². The summed E-state index contributed by atoms with van der Waals surface area (Å²) in [7, 11) is 0. The summed E-state index contributed by atoms with van der Waals surface area (Å²) in [4.78, 5) is 11.3. The fraction of sp³-hybridized carbons (Fsp3) is 0.700. The standard InChI is InChI=1S/C10H16O3/c1-2-7-13-10(12)8-3-5-9(11)6-4-8/h2,8-9,11H,1,3-7H2. The van der Waals surface area contributed by atoms with Crippen LogP contribution in [0.2, 0.25) is 0 Å². The Labute approximate surface area is 78.4 Å². The summed E-state index contributed by atoms with van der Waals surface area (Å²) in [6, 6.07) is 0. The first-order valence-corrected chi connectivity index (χ1v) is 4.69. The zero-order valence-corrected chi connectivity index (χ0v) is 7.74. The third-order valence-electron chi connectivity index (χ3n) is 2.37. The zero-order valence-electron chi connectivity index (χ0n) is 7.74. The van der Waals surface area contributed by atoms with Crippen molar-refractivity contribution in [2.75, 3.05) is 6.61 Å². The molecule has 0 aromatic carbocycles. The fourth-order valence-electron chi connectivity index (χ4n) is 1.57. The number of aliphatic hydroxyl groups is 1. The lowest BCUT2D eigenvalue weighted by molar-refractivity contribution is -0.149. The summed E-state index contributed by atoms with van der Waals surface area (Å²) >= 11 is 0. The number of hydrogen-bond donors (Lipinski definition) is 1. The van der Waals surface area contributed by atoms with Gasteiger partial charge in [0.05, 0.1) is 12.0 Å². The Balaban J connectivity index is 2.27. The van der Waals surface area contributed by atoms with Crippen molar-refractivity contribution in [1.29, 1.82) is 0 Å². The van der Waals surface area contributed by atoms with Crippen molar-refractivity contribution in [3.05, 3.63) is 12.7 Å². The average Bonchev–Trinajstić information content (AvgIpc) is 2.15. The number of hydrogen-bond acceptors (Lipinski definition) is 3. The molecular formula is C10H16O3. The van der Waals surface area contributed by atoms with Crippen molar-refractivity contribution in [1.82, 2.24) is 0 Å². The number of esters is 1. The van der Waals surface area contributed by atoms with Gasteiger partial charge in [0.25, 0.3) is 0 Å². The first-order valence-electron chi connectivity index (χ1n) is 4.69. The largest absolute Gasteiger partial charge is 0.461 e. The van der Waals surface area contributed by atoms with E-state index in [9.17, 15) is 9.90 Å². The first kappa shape index (κ1) is 10.3. The Bertz CT molecular complexity index is 181. The highest BCUT2D eigenvalue weighted by Crippen LogP contribution is 2.24. The molecule has 0 radical (unpaired) electrons. The van der Waals surface area contributed by atoms with E-state index < -0.39 is 0 Å². The molecule has 13 heavy (non-hydrogen) atoms. The summed E-state index contributed by atoms with van der Waals surface area (Å²) < 4.78 is 4.93. The molecule has 3 heteroatoms. The Kier molecular flexibility index (Phi) is 3.96. The topological polar surface area (TPSA) is 46.5 Å². The Hall–Kier alpha value is -0.830. The molecule has 0 bridgehead atoms. The van der Waals surface area contributed by atoms with E-state index in [2.05, 4.69) is 6.58 Å². The van der Waals surface area contributed by atoms with E-state index in [0.717, 1.165) is 12.8 Å². The second-order valence-electron chi connectivity index (χ2n) is 3.42. The van der Waals surface area contributed by atoms with Crippen LogP contribution in [-0.2, 0) is 9.53 Å². The van der Waals surface area contributed by atoms with Gasteiger partial charge < -0.3 is 9.84 Å². The number of carbonyl (C=O) groups excluding carboxylic acids is 1. The molecule has 0 aliphatic heterocycles. The molecule has 0 aromatic heterocycles. The van der Waals surface area contributed by atoms with Crippen molar-refractivity contribution >= 4 is 5.97 Å². The molecule has 1 saturated carbocycles. The van der Waals surface area contributed by atoms with Crippen molar-refractivity contribution in [2.24, 2.45) is 5.92 Å². The summed E-state index contributed by atoms with van der Waals surface area (Å²) in [5, 5.41) is 9.22. The number of carbonyl (C=O) groups is 1. The number of aliphatic hydroxyl groups excluding tert-OH is 1. The maximum Gasteiger partial charge on any atom is 0.309 e. The smallest absolute Gasteiger partial charge is 0.309 e. The van der Waals surface area contributed by atoms with Gasteiger partial charge in [0.1, 0.15) is 6.61 Å². The summed E-state index contributed by atoms with van der Waals surface area (Å²) in [5.74, 6) is -0.157. The van der Waals surface area contributed by atoms with Gasteiger partial charge in [0, 0.05) is 0 Å². The highest BCUT2D eigenvalue weighted by atomic mass is 16.5. The van der Waals surface area contributed by atoms with Gasteiger partial charge in [-0.25, -0.2) is 0 Å². The summed E-state index contributed by atoms with van der Waals surface area (Å²) in [5.41, 5.74) is 0. The highest BCUT2D eigenvalue weighted by molar-refractivity contribution is 5.72. The predicted octanol–water partition coefficient (Wildman–Crippen LogP) is 1.27. The molecule has 0 unspecified atom stereocenters. The SMILES string of the molecule is C=CCOC(=O)C1CCC(O)CC1. The van der Waals surface area contributed by atoms with Crippen molar-refractivity contribution < 1.29 is 14.6 Å². The van der Waals surface area contributed by atoms with E-state index in [1.165, 1.54) is 0 Å². The van der Waals surface area contributed by atoms with E-state index >= 15 is 0 Å². The van der Waals surface area contributed by atoms with E-state index in [4.69, 9.17) is 4.74 Å². The Morgan fingerprint density at radius 2 is 2.08 bits per heavy atom. The quantitative estimate of drug-likeness (QED) is 0.530. The van der Waals surface area contributed by atoms with E-state index in [0.29, 0.717) is 12.8 Å². The molecule has 74 valence electrons. The van der Waals surface area contributed by atoms with Gasteiger partial charge in [0.15, 0.2) is 0 Å². The number of ether oxygens (including phenoxy) is 1. The normalized spacial score (nSPS) is 28.1. The minimum Gasteiger partial charge on any atom is -0.461 e. The maximum absolute atomic E-state index is 11.3. The lowest BCUT2D eigenvalue weighted by Gasteiger charge is -2.23. The zero-order chi connectivity index (χ0) is 9.68. The van der Waals surface area contributed by atoms with Gasteiger partial charge in [0.2, 0.25) is 0 Å². The molecule has 1 aliphatic carbocycles. The molecule has 0 atom stereocenters. The molecule has 0 aromatic rings. The van der Waals surface area contributed by atoms with Crippen LogP contribution >= 0.6 is 0 Å². The van der Waals surface area contributed by atoms with Crippen LogP contribution in [0.5, 0.6) is 0 Å². The lowest BCUT2D eigenvalue weighted by Crippen LogP contribution is -2.25. The highest BCUT2D eigenvalue weighted by Gasteiger charge is 2.25. The first-order chi connectivity index (χ1) is 6.24. The monoisotopic (exact) mass is 184 g/mol. The van der Waals surface area contributed by atoms with Crippen LogP contribution in [-0.4, -0.2) is 23.8 Å². The van der Waals surface area contributed by atoms with Gasteiger partial charge in [-0.15, -0.1) is 0 Å². The van der Waals surface area contributed by atoms with Crippen LogP contribution in [0.4, 0.5) is 0 Å². The molecule has 1 fully saturated rings. The van der Waals surface area contributed by atoms with Gasteiger partial charge >= 0.3 is 5.97 Å². The molecular weight excluding hydrogens is 168 g/mol.